The second-order valence-corrected chi connectivity index (χ2v) is 4.81. The maximum Gasteiger partial charge on any atom is 0.300 e. The molecule has 0 bridgehead atoms. The Morgan fingerprint density at radius 3 is 2.68 bits per heavy atom. The number of carbonyl (C=O) groups is 1. The first-order chi connectivity index (χ1) is 9.81. The normalized spacial score (nSPS) is 16.1. The Hall–Kier alpha value is -1.48. The van der Waals surface area contributed by atoms with Crippen LogP contribution >= 0.6 is 24.8 Å². The molecule has 0 spiro atoms. The van der Waals surface area contributed by atoms with Gasteiger partial charge in [-0.25, -0.2) is 6.57 Å². The maximum atomic E-state index is 11.9. The molecule has 1 fully saturated rings. The van der Waals surface area contributed by atoms with Crippen molar-refractivity contribution >= 4 is 36.4 Å². The third-order valence-corrected chi connectivity index (χ3v) is 3.37. The predicted molar refractivity (Wildman–Crippen MR) is 93.6 cm³/mol. The van der Waals surface area contributed by atoms with E-state index in [-0.39, 0.29) is 36.9 Å². The van der Waals surface area contributed by atoms with Crippen molar-refractivity contribution < 1.29 is 4.79 Å². The number of halogens is 2. The Balaban J connectivity index is 0.00000220. The van der Waals surface area contributed by atoms with Crippen LogP contribution in [0.3, 0.4) is 0 Å². The standard InChI is InChI=1S/C15H20N4O.2ClH/c1-16-14-8-5-11-19(14)15(20)12-17-9-10-18-13-6-3-2-4-7-13;;/h2-4,6-7,14,17-18H,5,8-12H2;2*1H/t14-;;/m0../s1. The number of rotatable bonds is 6. The number of hydrogen-bond acceptors (Lipinski definition) is 3. The van der Waals surface area contributed by atoms with Crippen molar-refractivity contribution in [2.75, 3.05) is 31.5 Å². The number of carbonyl (C=O) groups excluding carboxylic acids is 1. The molecule has 1 atom stereocenters. The summed E-state index contributed by atoms with van der Waals surface area (Å²) in [6, 6.07) is 9.96. The largest absolute Gasteiger partial charge is 0.384 e. The van der Waals surface area contributed by atoms with Gasteiger partial charge in [0.15, 0.2) is 0 Å². The van der Waals surface area contributed by atoms with Gasteiger partial charge in [0.05, 0.1) is 6.54 Å². The van der Waals surface area contributed by atoms with E-state index in [0.717, 1.165) is 38.2 Å². The third kappa shape index (κ3) is 6.10. The van der Waals surface area contributed by atoms with E-state index in [1.165, 1.54) is 0 Å². The van der Waals surface area contributed by atoms with Gasteiger partial charge in [-0.05, 0) is 18.6 Å². The van der Waals surface area contributed by atoms with Gasteiger partial charge in [-0.2, -0.15) is 0 Å². The molecule has 1 heterocycles. The Bertz CT molecular complexity index is 478. The van der Waals surface area contributed by atoms with Gasteiger partial charge in [0, 0.05) is 31.7 Å². The van der Waals surface area contributed by atoms with Crippen molar-refractivity contribution in [3.63, 3.8) is 0 Å². The average molecular weight is 345 g/mol. The minimum Gasteiger partial charge on any atom is -0.384 e. The lowest BCUT2D eigenvalue weighted by molar-refractivity contribution is -0.130. The highest BCUT2D eigenvalue weighted by atomic mass is 35.5. The highest BCUT2D eigenvalue weighted by Gasteiger charge is 2.32. The smallest absolute Gasteiger partial charge is 0.300 e. The van der Waals surface area contributed by atoms with Crippen LogP contribution in [-0.2, 0) is 4.79 Å². The molecule has 5 nitrogen and oxygen atoms in total. The molecule has 0 radical (unpaired) electrons. The van der Waals surface area contributed by atoms with Crippen molar-refractivity contribution in [1.29, 1.82) is 0 Å². The van der Waals surface area contributed by atoms with E-state index < -0.39 is 0 Å². The average Bonchev–Trinajstić information content (AvgIpc) is 2.96. The van der Waals surface area contributed by atoms with Crippen LogP contribution in [0.25, 0.3) is 4.85 Å². The zero-order valence-corrected chi connectivity index (χ0v) is 14.0. The minimum atomic E-state index is -0.244. The van der Waals surface area contributed by atoms with Gasteiger partial charge in [0.25, 0.3) is 0 Å². The molecule has 0 unspecified atom stereocenters. The summed E-state index contributed by atoms with van der Waals surface area (Å²) in [5, 5.41) is 6.39. The number of nitrogens with zero attached hydrogens (tertiary/aromatic N) is 2. The first kappa shape index (κ1) is 20.5. The van der Waals surface area contributed by atoms with Crippen LogP contribution in [0.15, 0.2) is 30.3 Å². The fourth-order valence-corrected chi connectivity index (χ4v) is 2.32. The second kappa shape index (κ2) is 11.1. The molecule has 1 aromatic carbocycles. The predicted octanol–water partition coefficient (Wildman–Crippen LogP) is 2.40. The lowest BCUT2D eigenvalue weighted by atomic mass is 10.3. The van der Waals surface area contributed by atoms with Gasteiger partial charge < -0.3 is 10.6 Å². The van der Waals surface area contributed by atoms with Crippen molar-refractivity contribution in [2.45, 2.75) is 19.0 Å². The summed E-state index contributed by atoms with van der Waals surface area (Å²) in [4.78, 5) is 17.1. The lowest BCUT2D eigenvalue weighted by Crippen LogP contribution is -2.40. The molecule has 2 N–H and O–H groups in total. The van der Waals surface area contributed by atoms with Gasteiger partial charge >= 0.3 is 6.17 Å². The molecule has 22 heavy (non-hydrogen) atoms. The Labute approximate surface area is 144 Å². The maximum absolute atomic E-state index is 11.9. The summed E-state index contributed by atoms with van der Waals surface area (Å²) in [5.74, 6) is 0.0308. The highest BCUT2D eigenvalue weighted by molar-refractivity contribution is 5.85. The van der Waals surface area contributed by atoms with Crippen molar-refractivity contribution in [2.24, 2.45) is 0 Å². The first-order valence-electron chi connectivity index (χ1n) is 6.97. The Kier molecular flexibility index (Phi) is 10.4. The molecule has 1 saturated heterocycles. The second-order valence-electron chi connectivity index (χ2n) is 4.81. The van der Waals surface area contributed by atoms with Gasteiger partial charge in [-0.1, -0.05) is 18.2 Å². The van der Waals surface area contributed by atoms with Gasteiger partial charge in [-0.3, -0.25) is 14.5 Å². The van der Waals surface area contributed by atoms with Crippen LogP contribution < -0.4 is 10.6 Å². The number of anilines is 1. The highest BCUT2D eigenvalue weighted by Crippen LogP contribution is 2.17. The van der Waals surface area contributed by atoms with E-state index in [1.54, 1.807) is 4.90 Å². The fourth-order valence-electron chi connectivity index (χ4n) is 2.32. The summed E-state index contributed by atoms with van der Waals surface area (Å²) >= 11 is 0. The summed E-state index contributed by atoms with van der Waals surface area (Å²) < 4.78 is 0. The molecular weight excluding hydrogens is 323 g/mol. The van der Waals surface area contributed by atoms with Gasteiger partial charge in [-0.15, -0.1) is 24.8 Å². The number of benzene rings is 1. The van der Waals surface area contributed by atoms with Gasteiger partial charge in [0.1, 0.15) is 0 Å². The number of amides is 1. The molecule has 1 amide bonds. The molecular formula is C15H22Cl2N4O. The third-order valence-electron chi connectivity index (χ3n) is 3.37. The van der Waals surface area contributed by atoms with E-state index >= 15 is 0 Å². The molecule has 1 aromatic rings. The summed E-state index contributed by atoms with van der Waals surface area (Å²) in [6.45, 7) is 9.58. The molecule has 0 saturated carbocycles. The monoisotopic (exact) mass is 344 g/mol. The molecule has 1 aliphatic heterocycles. The molecule has 0 aromatic heterocycles. The van der Waals surface area contributed by atoms with E-state index in [1.807, 2.05) is 30.3 Å². The Morgan fingerprint density at radius 1 is 1.27 bits per heavy atom. The van der Waals surface area contributed by atoms with E-state index in [4.69, 9.17) is 6.57 Å². The number of para-hydroxylation sites is 1. The first-order valence-corrected chi connectivity index (χ1v) is 6.97. The van der Waals surface area contributed by atoms with Gasteiger partial charge in [0.2, 0.25) is 5.91 Å². The van der Waals surface area contributed by atoms with Crippen molar-refractivity contribution in [3.8, 4) is 0 Å². The summed E-state index contributed by atoms with van der Waals surface area (Å²) in [5.41, 5.74) is 1.08. The van der Waals surface area contributed by atoms with Crippen LogP contribution in [0.4, 0.5) is 5.69 Å². The lowest BCUT2D eigenvalue weighted by Gasteiger charge is -2.16. The summed E-state index contributed by atoms with van der Waals surface area (Å²) in [6.07, 6.45) is 1.51. The number of likely N-dealkylation sites (tertiary alicyclic amines) is 1. The van der Waals surface area contributed by atoms with Crippen LogP contribution in [0.2, 0.25) is 0 Å². The SMILES string of the molecule is Cl.Cl.[C-]#[N+][C@@H]1CCCN1C(=O)CNCCNc1ccccc1. The fraction of sp³-hybridized carbons (Fsp3) is 0.467. The van der Waals surface area contributed by atoms with Crippen LogP contribution in [0.1, 0.15) is 12.8 Å². The zero-order chi connectivity index (χ0) is 14.2. The topological polar surface area (TPSA) is 48.7 Å². The molecule has 1 aliphatic rings. The van der Waals surface area contributed by atoms with Crippen LogP contribution in [0, 0.1) is 6.57 Å². The number of nitrogens with one attached hydrogen (secondary N) is 2. The van der Waals surface area contributed by atoms with Crippen molar-refractivity contribution in [1.82, 2.24) is 10.2 Å². The quantitative estimate of drug-likeness (QED) is 0.615. The van der Waals surface area contributed by atoms with Crippen LogP contribution in [0.5, 0.6) is 0 Å². The van der Waals surface area contributed by atoms with E-state index in [2.05, 4.69) is 15.5 Å². The van der Waals surface area contributed by atoms with E-state index in [0.29, 0.717) is 6.54 Å². The Morgan fingerprint density at radius 2 is 2.00 bits per heavy atom. The minimum absolute atomic E-state index is 0. The summed E-state index contributed by atoms with van der Waals surface area (Å²) in [7, 11) is 0. The molecule has 7 heteroatoms. The molecule has 2 rings (SSSR count). The molecule has 122 valence electrons. The zero-order valence-electron chi connectivity index (χ0n) is 12.3. The number of hydrogen-bond donors (Lipinski definition) is 2. The molecule has 0 aliphatic carbocycles. The van der Waals surface area contributed by atoms with Crippen molar-refractivity contribution in [3.05, 3.63) is 41.7 Å². The van der Waals surface area contributed by atoms with Crippen LogP contribution in [-0.4, -0.2) is 43.2 Å². The van der Waals surface area contributed by atoms with E-state index in [9.17, 15) is 4.79 Å².